The van der Waals surface area contributed by atoms with Crippen LogP contribution in [-0.4, -0.2) is 27.4 Å². The lowest BCUT2D eigenvalue weighted by Gasteiger charge is -1.96. The molecule has 0 spiro atoms. The molecule has 7 heteroatoms. The van der Waals surface area contributed by atoms with Crippen LogP contribution in [0.4, 0.5) is 0 Å². The molecule has 0 amide bonds. The van der Waals surface area contributed by atoms with E-state index in [4.69, 9.17) is 10.6 Å². The van der Waals surface area contributed by atoms with Gasteiger partial charge in [-0.2, -0.15) is 10.5 Å². The molecular weight excluding hydrogens is 196 g/mol. The van der Waals surface area contributed by atoms with Gasteiger partial charge in [0.2, 0.25) is 5.88 Å². The average molecular weight is 208 g/mol. The van der Waals surface area contributed by atoms with Gasteiger partial charge < -0.3 is 10.6 Å². The number of nitrogens with zero attached hydrogens (tertiary/aromatic N) is 4. The highest BCUT2D eigenvalue weighted by Gasteiger charge is 2.15. The van der Waals surface area contributed by atoms with Crippen molar-refractivity contribution < 1.29 is 4.84 Å². The fourth-order valence-electron chi connectivity index (χ4n) is 1.16. The van der Waals surface area contributed by atoms with Crippen molar-refractivity contribution in [3.05, 3.63) is 24.4 Å². The van der Waals surface area contributed by atoms with Crippen LogP contribution in [0.15, 0.2) is 23.7 Å². The minimum Gasteiger partial charge on any atom is -0.361 e. The number of nitrogens with one attached hydrogen (secondary N) is 1. The number of aryl methyl sites for hydroxylation is 1. The fraction of sp³-hybridized carbons (Fsp3) is 0.375. The Morgan fingerprint density at radius 1 is 1.60 bits per heavy atom. The molecule has 0 saturated heterocycles. The number of nitrogens with two attached hydrogens (primary N) is 1. The van der Waals surface area contributed by atoms with Crippen LogP contribution in [0.3, 0.4) is 0 Å². The van der Waals surface area contributed by atoms with E-state index < -0.39 is 0 Å². The molecule has 0 aromatic carbocycles. The molecule has 2 heterocycles. The standard InChI is InChI=1S/C8H12N6O/c1-6-10-8(12-15-6)7-5-14(13-11-7)4-2-3-9/h5H,1-4,9H2,(H,10,12). The van der Waals surface area contributed by atoms with Crippen LogP contribution in [0.2, 0.25) is 0 Å². The van der Waals surface area contributed by atoms with Gasteiger partial charge in [-0.15, -0.1) is 5.10 Å². The Morgan fingerprint density at radius 2 is 2.47 bits per heavy atom. The van der Waals surface area contributed by atoms with Gasteiger partial charge in [0.05, 0.1) is 6.20 Å². The predicted octanol–water partition coefficient (Wildman–Crippen LogP) is -0.621. The van der Waals surface area contributed by atoms with E-state index >= 15 is 0 Å². The van der Waals surface area contributed by atoms with Crippen LogP contribution >= 0.6 is 0 Å². The Hall–Kier alpha value is -1.89. The first-order valence-electron chi connectivity index (χ1n) is 4.60. The zero-order valence-corrected chi connectivity index (χ0v) is 8.18. The molecule has 0 atom stereocenters. The lowest BCUT2D eigenvalue weighted by molar-refractivity contribution is 0.179. The van der Waals surface area contributed by atoms with E-state index in [0.717, 1.165) is 13.0 Å². The highest BCUT2D eigenvalue weighted by Crippen LogP contribution is 2.06. The van der Waals surface area contributed by atoms with E-state index in [9.17, 15) is 0 Å². The largest absolute Gasteiger partial charge is 0.361 e. The van der Waals surface area contributed by atoms with Crippen molar-refractivity contribution in [2.75, 3.05) is 6.54 Å². The number of amidine groups is 1. The van der Waals surface area contributed by atoms with Gasteiger partial charge in [0.15, 0.2) is 11.5 Å². The van der Waals surface area contributed by atoms with Crippen molar-refractivity contribution >= 4 is 5.84 Å². The van der Waals surface area contributed by atoms with Crippen LogP contribution in [0.25, 0.3) is 0 Å². The predicted molar refractivity (Wildman–Crippen MR) is 53.6 cm³/mol. The molecule has 3 N–H and O–H groups in total. The lowest BCUT2D eigenvalue weighted by atomic mass is 10.4. The van der Waals surface area contributed by atoms with E-state index in [1.54, 1.807) is 10.9 Å². The van der Waals surface area contributed by atoms with Gasteiger partial charge in [-0.25, -0.2) is 0 Å². The first-order chi connectivity index (χ1) is 7.29. The van der Waals surface area contributed by atoms with Crippen molar-refractivity contribution in [2.45, 2.75) is 13.0 Å². The third-order valence-electron chi connectivity index (χ3n) is 1.87. The second kappa shape index (κ2) is 4.09. The SMILES string of the molecule is C=C1N=C(c2cn(CCCN)nn2)NO1. The maximum absolute atomic E-state index is 5.39. The molecule has 15 heavy (non-hydrogen) atoms. The van der Waals surface area contributed by atoms with Gasteiger partial charge in [0.25, 0.3) is 0 Å². The molecule has 80 valence electrons. The zero-order valence-electron chi connectivity index (χ0n) is 8.18. The minimum atomic E-state index is 0.321. The molecule has 0 fully saturated rings. The van der Waals surface area contributed by atoms with Crippen molar-refractivity contribution in [1.29, 1.82) is 0 Å². The highest BCUT2D eigenvalue weighted by molar-refractivity contribution is 5.97. The molecule has 0 bridgehead atoms. The number of aromatic nitrogens is 3. The third-order valence-corrected chi connectivity index (χ3v) is 1.87. The number of hydrogen-bond donors (Lipinski definition) is 2. The summed E-state index contributed by atoms with van der Waals surface area (Å²) in [4.78, 5) is 8.87. The second-order valence-electron chi connectivity index (χ2n) is 3.07. The van der Waals surface area contributed by atoms with Gasteiger partial charge >= 0.3 is 0 Å². The topological polar surface area (TPSA) is 90.4 Å². The summed E-state index contributed by atoms with van der Waals surface area (Å²) in [6.45, 7) is 4.92. The monoisotopic (exact) mass is 208 g/mol. The highest BCUT2D eigenvalue weighted by atomic mass is 16.7. The van der Waals surface area contributed by atoms with E-state index in [1.807, 2.05) is 0 Å². The molecular formula is C8H12N6O. The third kappa shape index (κ3) is 2.13. The van der Waals surface area contributed by atoms with Crippen molar-refractivity contribution in [1.82, 2.24) is 20.5 Å². The summed E-state index contributed by atoms with van der Waals surface area (Å²) in [6, 6.07) is 0. The summed E-state index contributed by atoms with van der Waals surface area (Å²) in [6.07, 6.45) is 2.65. The maximum Gasteiger partial charge on any atom is 0.240 e. The van der Waals surface area contributed by atoms with Gasteiger partial charge in [0, 0.05) is 6.54 Å². The number of hydrogen-bond acceptors (Lipinski definition) is 6. The van der Waals surface area contributed by atoms with Gasteiger partial charge in [-0.1, -0.05) is 5.21 Å². The average Bonchev–Trinajstić information content (AvgIpc) is 2.83. The van der Waals surface area contributed by atoms with E-state index in [0.29, 0.717) is 24.0 Å². The van der Waals surface area contributed by atoms with E-state index in [1.165, 1.54) is 0 Å². The molecule has 1 aliphatic rings. The molecule has 0 aliphatic carbocycles. The maximum atomic E-state index is 5.39. The zero-order chi connectivity index (χ0) is 10.7. The second-order valence-corrected chi connectivity index (χ2v) is 3.07. The first kappa shape index (κ1) is 9.66. The molecule has 1 aliphatic heterocycles. The Labute approximate surface area is 86.6 Å². The Kier molecular flexibility index (Phi) is 2.64. The van der Waals surface area contributed by atoms with Crippen LogP contribution in [0.1, 0.15) is 12.1 Å². The Balaban J connectivity index is 2.07. The summed E-state index contributed by atoms with van der Waals surface area (Å²) < 4.78 is 1.72. The van der Waals surface area contributed by atoms with Crippen LogP contribution in [0.5, 0.6) is 0 Å². The molecule has 2 rings (SSSR count). The summed E-state index contributed by atoms with van der Waals surface area (Å²) >= 11 is 0. The van der Waals surface area contributed by atoms with Crippen LogP contribution in [-0.2, 0) is 11.4 Å². The van der Waals surface area contributed by atoms with Crippen molar-refractivity contribution in [3.63, 3.8) is 0 Å². The quantitative estimate of drug-likeness (QED) is 0.688. The van der Waals surface area contributed by atoms with Gasteiger partial charge in [-0.3, -0.25) is 4.68 Å². The van der Waals surface area contributed by atoms with Crippen LogP contribution < -0.4 is 11.2 Å². The van der Waals surface area contributed by atoms with Crippen LogP contribution in [0, 0.1) is 0 Å². The first-order valence-corrected chi connectivity index (χ1v) is 4.60. The molecule has 0 unspecified atom stereocenters. The number of aliphatic imine (C=N–C) groups is 1. The van der Waals surface area contributed by atoms with Crippen molar-refractivity contribution in [2.24, 2.45) is 10.7 Å². The summed E-state index contributed by atoms with van der Waals surface area (Å²) in [5.41, 5.74) is 8.63. The van der Waals surface area contributed by atoms with Gasteiger partial charge in [-0.05, 0) is 19.5 Å². The van der Waals surface area contributed by atoms with E-state index in [-0.39, 0.29) is 0 Å². The lowest BCUT2D eigenvalue weighted by Crippen LogP contribution is -2.17. The summed E-state index contributed by atoms with van der Waals surface area (Å²) in [5.74, 6) is 0.848. The molecule has 1 aromatic heterocycles. The Morgan fingerprint density at radius 3 is 3.13 bits per heavy atom. The molecule has 0 saturated carbocycles. The molecule has 1 aromatic rings. The van der Waals surface area contributed by atoms with Gasteiger partial charge in [0.1, 0.15) is 0 Å². The fourth-order valence-corrected chi connectivity index (χ4v) is 1.16. The smallest absolute Gasteiger partial charge is 0.240 e. The summed E-state index contributed by atoms with van der Waals surface area (Å²) in [7, 11) is 0. The minimum absolute atomic E-state index is 0.321. The molecule has 7 nitrogen and oxygen atoms in total. The number of rotatable bonds is 4. The Bertz CT molecular complexity index is 396. The molecule has 0 radical (unpaired) electrons. The van der Waals surface area contributed by atoms with Crippen molar-refractivity contribution in [3.8, 4) is 0 Å². The normalized spacial score (nSPS) is 14.7. The number of hydroxylamine groups is 1. The van der Waals surface area contributed by atoms with E-state index in [2.05, 4.69) is 27.4 Å². The summed E-state index contributed by atoms with van der Waals surface area (Å²) in [5, 5.41) is 7.87.